The summed E-state index contributed by atoms with van der Waals surface area (Å²) in [6.07, 6.45) is 5.88. The second-order valence-corrected chi connectivity index (χ2v) is 8.54. The highest BCUT2D eigenvalue weighted by molar-refractivity contribution is 6.11. The fraction of sp³-hybridized carbons (Fsp3) is 0.321. The highest BCUT2D eigenvalue weighted by Crippen LogP contribution is 2.39. The number of aliphatic imine (C=N–C) groups is 1. The number of carbonyl (C=O) groups excluding carboxylic acids is 2. The van der Waals surface area contributed by atoms with E-state index in [4.69, 9.17) is 19.2 Å². The summed E-state index contributed by atoms with van der Waals surface area (Å²) >= 11 is 0. The summed E-state index contributed by atoms with van der Waals surface area (Å²) in [4.78, 5) is 30.4. The maximum absolute atomic E-state index is 13.4. The van der Waals surface area contributed by atoms with Crippen LogP contribution in [0.25, 0.3) is 0 Å². The molecular weight excluding hydrogens is 430 g/mol. The standard InChI is InChI=1S/C28H31NO5/c1-19(2)17-22(30)14-9-11-20(3)28(18-21-12-7-6-8-13-21)27(31)34-26(29-28)25-23(32-4)15-10-16-24(25)33-5/h6-13,15-17,20H,14,18H2,1-5H3/b11-9+/t20-,28-/m1/s1. The minimum atomic E-state index is -1.20. The van der Waals surface area contributed by atoms with Crippen LogP contribution < -0.4 is 9.47 Å². The van der Waals surface area contributed by atoms with Gasteiger partial charge in [0.2, 0.25) is 5.90 Å². The summed E-state index contributed by atoms with van der Waals surface area (Å²) < 4.78 is 16.8. The lowest BCUT2D eigenvalue weighted by molar-refractivity contribution is -0.140. The Labute approximate surface area is 201 Å². The number of hydrogen-bond acceptors (Lipinski definition) is 6. The van der Waals surface area contributed by atoms with Gasteiger partial charge in [0.15, 0.2) is 11.3 Å². The van der Waals surface area contributed by atoms with Crippen LogP contribution in [0.2, 0.25) is 0 Å². The van der Waals surface area contributed by atoms with E-state index in [0.717, 1.165) is 11.1 Å². The van der Waals surface area contributed by atoms with E-state index < -0.39 is 11.5 Å². The van der Waals surface area contributed by atoms with E-state index in [1.807, 2.05) is 57.2 Å². The van der Waals surface area contributed by atoms with Crippen LogP contribution in [-0.4, -0.2) is 37.4 Å². The van der Waals surface area contributed by atoms with Gasteiger partial charge in [-0.25, -0.2) is 9.79 Å². The Kier molecular flexibility index (Phi) is 8.05. The summed E-state index contributed by atoms with van der Waals surface area (Å²) in [5.74, 6) is 0.382. The zero-order valence-electron chi connectivity index (χ0n) is 20.3. The lowest BCUT2D eigenvalue weighted by Crippen LogP contribution is -2.42. The van der Waals surface area contributed by atoms with Crippen LogP contribution in [0.15, 0.2) is 77.3 Å². The van der Waals surface area contributed by atoms with Crippen molar-refractivity contribution in [2.24, 2.45) is 10.9 Å². The van der Waals surface area contributed by atoms with Crippen molar-refractivity contribution in [3.05, 3.63) is 83.5 Å². The Morgan fingerprint density at radius 2 is 1.71 bits per heavy atom. The van der Waals surface area contributed by atoms with E-state index >= 15 is 0 Å². The van der Waals surface area contributed by atoms with Crippen molar-refractivity contribution in [1.29, 1.82) is 0 Å². The second-order valence-electron chi connectivity index (χ2n) is 8.54. The number of ether oxygens (including phenoxy) is 3. The molecule has 1 aliphatic heterocycles. The minimum absolute atomic E-state index is 0.0116. The highest BCUT2D eigenvalue weighted by Gasteiger charge is 2.50. The molecule has 34 heavy (non-hydrogen) atoms. The summed E-state index contributed by atoms with van der Waals surface area (Å²) in [5, 5.41) is 0. The molecule has 0 unspecified atom stereocenters. The van der Waals surface area contributed by atoms with Crippen LogP contribution in [-0.2, 0) is 20.7 Å². The number of methoxy groups -OCH3 is 2. The van der Waals surface area contributed by atoms with Crippen LogP contribution in [0.3, 0.4) is 0 Å². The Morgan fingerprint density at radius 3 is 2.29 bits per heavy atom. The van der Waals surface area contributed by atoms with Gasteiger partial charge in [-0.15, -0.1) is 0 Å². The van der Waals surface area contributed by atoms with Crippen molar-refractivity contribution in [3.8, 4) is 11.5 Å². The predicted octanol–water partition coefficient (Wildman–Crippen LogP) is 5.11. The summed E-state index contributed by atoms with van der Waals surface area (Å²) in [7, 11) is 3.09. The van der Waals surface area contributed by atoms with E-state index in [2.05, 4.69) is 0 Å². The van der Waals surface area contributed by atoms with Crippen molar-refractivity contribution in [2.75, 3.05) is 14.2 Å². The zero-order valence-corrected chi connectivity index (χ0v) is 20.3. The number of rotatable bonds is 10. The van der Waals surface area contributed by atoms with Gasteiger partial charge in [0, 0.05) is 18.8 Å². The average Bonchev–Trinajstić information content (AvgIpc) is 3.15. The summed E-state index contributed by atoms with van der Waals surface area (Å²) in [6, 6.07) is 15.0. The lowest BCUT2D eigenvalue weighted by atomic mass is 9.80. The molecule has 0 amide bonds. The van der Waals surface area contributed by atoms with Gasteiger partial charge in [-0.1, -0.05) is 61.0 Å². The molecule has 6 heteroatoms. The lowest BCUT2D eigenvalue weighted by Gasteiger charge is -2.27. The van der Waals surface area contributed by atoms with Crippen LogP contribution in [0.5, 0.6) is 11.5 Å². The predicted molar refractivity (Wildman–Crippen MR) is 132 cm³/mol. The Hall–Kier alpha value is -3.67. The van der Waals surface area contributed by atoms with Gasteiger partial charge in [-0.05, 0) is 37.6 Å². The van der Waals surface area contributed by atoms with E-state index in [-0.39, 0.29) is 24.0 Å². The monoisotopic (exact) mass is 461 g/mol. The number of carbonyl (C=O) groups is 2. The number of nitrogens with zero attached hydrogens (tertiary/aromatic N) is 1. The van der Waals surface area contributed by atoms with Crippen molar-refractivity contribution in [1.82, 2.24) is 0 Å². The molecule has 178 valence electrons. The first-order valence-electron chi connectivity index (χ1n) is 11.2. The van der Waals surface area contributed by atoms with Gasteiger partial charge in [0.05, 0.1) is 14.2 Å². The molecule has 0 saturated carbocycles. The summed E-state index contributed by atoms with van der Waals surface area (Å²) in [6.45, 7) is 5.68. The van der Waals surface area contributed by atoms with Crippen molar-refractivity contribution >= 4 is 17.7 Å². The first-order chi connectivity index (χ1) is 16.3. The number of esters is 1. The largest absolute Gasteiger partial charge is 0.496 e. The minimum Gasteiger partial charge on any atom is -0.496 e. The Balaban J connectivity index is 2.04. The molecule has 0 saturated heterocycles. The molecule has 3 rings (SSSR count). The molecule has 0 aromatic heterocycles. The number of cyclic esters (lactones) is 1. The SMILES string of the molecule is COc1cccc(OC)c1C1=N[C@](Cc2ccccc2)([C@H](C)/C=C/CC(=O)C=C(C)C)C(=O)O1. The van der Waals surface area contributed by atoms with Crippen molar-refractivity contribution in [2.45, 2.75) is 39.2 Å². The maximum atomic E-state index is 13.4. The van der Waals surface area contributed by atoms with E-state index in [1.165, 1.54) is 0 Å². The molecule has 1 heterocycles. The van der Waals surface area contributed by atoms with Crippen LogP contribution >= 0.6 is 0 Å². The van der Waals surface area contributed by atoms with Gasteiger partial charge in [-0.3, -0.25) is 4.79 Å². The van der Waals surface area contributed by atoms with Gasteiger partial charge in [0.1, 0.15) is 17.1 Å². The van der Waals surface area contributed by atoms with E-state index in [9.17, 15) is 9.59 Å². The molecule has 0 aliphatic carbocycles. The molecule has 1 aliphatic rings. The molecule has 2 aromatic carbocycles. The fourth-order valence-corrected chi connectivity index (χ4v) is 3.99. The Morgan fingerprint density at radius 1 is 1.06 bits per heavy atom. The van der Waals surface area contributed by atoms with Gasteiger partial charge >= 0.3 is 5.97 Å². The number of benzene rings is 2. The molecule has 2 aromatic rings. The topological polar surface area (TPSA) is 74.2 Å². The van der Waals surface area contributed by atoms with Crippen molar-refractivity contribution in [3.63, 3.8) is 0 Å². The third-order valence-corrected chi connectivity index (χ3v) is 5.75. The smallest absolute Gasteiger partial charge is 0.341 e. The molecule has 0 fully saturated rings. The van der Waals surface area contributed by atoms with Crippen molar-refractivity contribution < 1.29 is 23.8 Å². The van der Waals surface area contributed by atoms with E-state index in [0.29, 0.717) is 23.5 Å². The number of ketones is 1. The van der Waals surface area contributed by atoms with Gasteiger partial charge in [-0.2, -0.15) is 0 Å². The molecular formula is C28H31NO5. The van der Waals surface area contributed by atoms with Gasteiger partial charge < -0.3 is 14.2 Å². The molecule has 6 nitrogen and oxygen atoms in total. The molecule has 2 atom stereocenters. The highest BCUT2D eigenvalue weighted by atomic mass is 16.6. The zero-order chi connectivity index (χ0) is 24.7. The van der Waals surface area contributed by atoms with Crippen LogP contribution in [0.1, 0.15) is 38.3 Å². The molecule has 0 radical (unpaired) electrons. The number of allylic oxidation sites excluding steroid dienone is 3. The molecule has 0 N–H and O–H groups in total. The van der Waals surface area contributed by atoms with Crippen LogP contribution in [0.4, 0.5) is 0 Å². The normalized spacial score (nSPS) is 18.3. The maximum Gasteiger partial charge on any atom is 0.341 e. The first-order valence-corrected chi connectivity index (χ1v) is 11.2. The van der Waals surface area contributed by atoms with Gasteiger partial charge in [0.25, 0.3) is 0 Å². The molecule has 0 spiro atoms. The Bertz CT molecular complexity index is 1110. The average molecular weight is 462 g/mol. The van der Waals surface area contributed by atoms with Crippen LogP contribution in [0, 0.1) is 5.92 Å². The fourth-order valence-electron chi connectivity index (χ4n) is 3.99. The third-order valence-electron chi connectivity index (χ3n) is 5.75. The first kappa shape index (κ1) is 25.0. The van der Waals surface area contributed by atoms with E-state index in [1.54, 1.807) is 44.6 Å². The third kappa shape index (κ3) is 5.45. The summed E-state index contributed by atoms with van der Waals surface area (Å²) in [5.41, 5.74) is 1.20. The number of hydrogen-bond donors (Lipinski definition) is 0. The second kappa shape index (κ2) is 11.0. The quantitative estimate of drug-likeness (QED) is 0.279. The molecule has 0 bridgehead atoms.